The van der Waals surface area contributed by atoms with Gasteiger partial charge in [-0.15, -0.1) is 0 Å². The summed E-state index contributed by atoms with van der Waals surface area (Å²) in [4.78, 5) is 12.7. The maximum atomic E-state index is 12.7. The third kappa shape index (κ3) is 4.60. The van der Waals surface area contributed by atoms with Crippen molar-refractivity contribution in [1.29, 1.82) is 0 Å². The van der Waals surface area contributed by atoms with Crippen molar-refractivity contribution >= 4 is 28.7 Å². The van der Waals surface area contributed by atoms with Crippen LogP contribution in [0.15, 0.2) is 72.8 Å². The average Bonchev–Trinajstić information content (AvgIpc) is 3.21. The molecule has 0 saturated carbocycles. The summed E-state index contributed by atoms with van der Waals surface area (Å²) in [7, 11) is 0. The van der Waals surface area contributed by atoms with E-state index in [1.54, 1.807) is 0 Å². The molecule has 29 heavy (non-hydrogen) atoms. The molecule has 3 aromatic carbocycles. The normalized spacial score (nSPS) is 11.9. The van der Waals surface area contributed by atoms with Gasteiger partial charge in [-0.25, -0.2) is 0 Å². The van der Waals surface area contributed by atoms with E-state index in [0.29, 0.717) is 13.0 Å². The Morgan fingerprint density at radius 1 is 0.931 bits per heavy atom. The van der Waals surface area contributed by atoms with Crippen LogP contribution in [0.1, 0.15) is 24.0 Å². The van der Waals surface area contributed by atoms with Crippen LogP contribution in [0.4, 0.5) is 0 Å². The first-order valence-electron chi connectivity index (χ1n) is 9.43. The smallest absolute Gasteiger partial charge is 0.313 e. The molecule has 4 aromatic rings. The number of rotatable bonds is 7. The highest BCUT2D eigenvalue weighted by Crippen LogP contribution is 2.28. The third-order valence-electron chi connectivity index (χ3n) is 4.57. The van der Waals surface area contributed by atoms with Crippen molar-refractivity contribution in [3.63, 3.8) is 0 Å². The number of esters is 1. The van der Waals surface area contributed by atoms with Crippen LogP contribution >= 0.6 is 11.7 Å². The molecule has 1 unspecified atom stereocenters. The first-order chi connectivity index (χ1) is 14.2. The summed E-state index contributed by atoms with van der Waals surface area (Å²) in [6.07, 6.45) is 0.508. The second kappa shape index (κ2) is 8.84. The molecular weight excluding hydrogens is 384 g/mol. The van der Waals surface area contributed by atoms with Crippen molar-refractivity contribution in [2.24, 2.45) is 0 Å². The molecule has 0 aliphatic heterocycles. The van der Waals surface area contributed by atoms with E-state index < -0.39 is 5.92 Å². The van der Waals surface area contributed by atoms with Crippen LogP contribution in [0.25, 0.3) is 11.0 Å². The fourth-order valence-corrected chi connectivity index (χ4v) is 3.71. The second-order valence-corrected chi connectivity index (χ2v) is 7.11. The maximum Gasteiger partial charge on any atom is 0.313 e. The fraction of sp³-hybridized carbons (Fsp3) is 0.174. The SMILES string of the molecule is CCOC(=O)C(Cc1cccc(Oc2ccccc2)c1)c1ccc2nsnc2c1. The Kier molecular flexibility index (Phi) is 5.81. The van der Waals surface area contributed by atoms with Crippen LogP contribution in [-0.2, 0) is 16.0 Å². The largest absolute Gasteiger partial charge is 0.466 e. The molecule has 0 radical (unpaired) electrons. The van der Waals surface area contributed by atoms with Gasteiger partial charge < -0.3 is 9.47 Å². The predicted molar refractivity (Wildman–Crippen MR) is 113 cm³/mol. The third-order valence-corrected chi connectivity index (χ3v) is 5.13. The Labute approximate surface area is 173 Å². The molecule has 0 aliphatic carbocycles. The lowest BCUT2D eigenvalue weighted by Crippen LogP contribution is -2.18. The minimum Gasteiger partial charge on any atom is -0.466 e. The summed E-state index contributed by atoms with van der Waals surface area (Å²) in [5.74, 6) is 0.834. The molecule has 5 nitrogen and oxygen atoms in total. The lowest BCUT2D eigenvalue weighted by molar-refractivity contribution is -0.144. The minimum atomic E-state index is -0.423. The van der Waals surface area contributed by atoms with Crippen molar-refractivity contribution in [1.82, 2.24) is 8.75 Å². The van der Waals surface area contributed by atoms with E-state index in [4.69, 9.17) is 9.47 Å². The minimum absolute atomic E-state index is 0.246. The number of aromatic nitrogens is 2. The first kappa shape index (κ1) is 19.1. The molecule has 1 atom stereocenters. The van der Waals surface area contributed by atoms with Crippen molar-refractivity contribution in [2.75, 3.05) is 6.61 Å². The summed E-state index contributed by atoms with van der Waals surface area (Å²) in [6.45, 7) is 2.16. The van der Waals surface area contributed by atoms with Gasteiger partial charge in [0.2, 0.25) is 0 Å². The van der Waals surface area contributed by atoms with Gasteiger partial charge in [-0.1, -0.05) is 36.4 Å². The summed E-state index contributed by atoms with van der Waals surface area (Å²) in [6, 6.07) is 23.2. The molecule has 4 rings (SSSR count). The van der Waals surface area contributed by atoms with Gasteiger partial charge >= 0.3 is 5.97 Å². The Morgan fingerprint density at radius 3 is 2.55 bits per heavy atom. The standard InChI is InChI=1S/C23H20N2O3S/c1-2-27-23(26)20(17-11-12-21-22(15-17)25-29-24-21)14-16-7-6-10-19(13-16)28-18-8-4-3-5-9-18/h3-13,15,20H,2,14H2,1H3. The van der Waals surface area contributed by atoms with E-state index >= 15 is 0 Å². The van der Waals surface area contributed by atoms with Gasteiger partial charge in [-0.2, -0.15) is 8.75 Å². The Balaban J connectivity index is 1.60. The molecule has 6 heteroatoms. The van der Waals surface area contributed by atoms with Crippen LogP contribution in [0.3, 0.4) is 0 Å². The molecule has 0 fully saturated rings. The van der Waals surface area contributed by atoms with Gasteiger partial charge in [-0.3, -0.25) is 4.79 Å². The molecule has 1 heterocycles. The van der Waals surface area contributed by atoms with Crippen LogP contribution in [0.2, 0.25) is 0 Å². The molecular formula is C23H20N2O3S. The lowest BCUT2D eigenvalue weighted by Gasteiger charge is -2.17. The van der Waals surface area contributed by atoms with Crippen LogP contribution in [0, 0.1) is 0 Å². The second-order valence-electron chi connectivity index (χ2n) is 6.58. The Hall–Kier alpha value is -3.25. The van der Waals surface area contributed by atoms with E-state index in [1.807, 2.05) is 79.7 Å². The van der Waals surface area contributed by atoms with Crippen LogP contribution < -0.4 is 4.74 Å². The van der Waals surface area contributed by atoms with Gasteiger partial charge in [0.15, 0.2) is 0 Å². The van der Waals surface area contributed by atoms with E-state index in [0.717, 1.165) is 33.7 Å². The molecule has 1 aromatic heterocycles. The van der Waals surface area contributed by atoms with E-state index in [2.05, 4.69) is 8.75 Å². The highest BCUT2D eigenvalue weighted by molar-refractivity contribution is 7.00. The average molecular weight is 404 g/mol. The first-order valence-corrected chi connectivity index (χ1v) is 10.2. The zero-order valence-corrected chi connectivity index (χ0v) is 16.8. The molecule has 146 valence electrons. The Morgan fingerprint density at radius 2 is 1.72 bits per heavy atom. The summed E-state index contributed by atoms with van der Waals surface area (Å²) in [5.41, 5.74) is 3.49. The van der Waals surface area contributed by atoms with E-state index in [1.165, 1.54) is 11.7 Å². The number of para-hydroxylation sites is 1. The number of benzene rings is 3. The van der Waals surface area contributed by atoms with Gasteiger partial charge in [0, 0.05) is 0 Å². The van der Waals surface area contributed by atoms with Crippen molar-refractivity contribution in [3.05, 3.63) is 83.9 Å². The molecule has 0 spiro atoms. The van der Waals surface area contributed by atoms with Crippen molar-refractivity contribution < 1.29 is 14.3 Å². The molecule has 0 N–H and O–H groups in total. The molecule has 0 bridgehead atoms. The number of nitrogens with zero attached hydrogens (tertiary/aromatic N) is 2. The number of carbonyl (C=O) groups excluding carboxylic acids is 1. The summed E-state index contributed by atoms with van der Waals surface area (Å²) < 4.78 is 19.8. The summed E-state index contributed by atoms with van der Waals surface area (Å²) in [5, 5.41) is 0. The molecule has 0 aliphatic rings. The maximum absolute atomic E-state index is 12.7. The van der Waals surface area contributed by atoms with Gasteiger partial charge in [-0.05, 0) is 60.9 Å². The van der Waals surface area contributed by atoms with Crippen molar-refractivity contribution in [3.8, 4) is 11.5 Å². The van der Waals surface area contributed by atoms with Gasteiger partial charge in [0.25, 0.3) is 0 Å². The topological polar surface area (TPSA) is 61.3 Å². The zero-order valence-electron chi connectivity index (χ0n) is 15.9. The number of ether oxygens (including phenoxy) is 2. The zero-order chi connectivity index (χ0) is 20.1. The highest BCUT2D eigenvalue weighted by atomic mass is 32.1. The van der Waals surface area contributed by atoms with Gasteiger partial charge in [0.1, 0.15) is 22.5 Å². The number of carbonyl (C=O) groups is 1. The fourth-order valence-electron chi connectivity index (χ4n) is 3.19. The number of hydrogen-bond donors (Lipinski definition) is 0. The predicted octanol–water partition coefficient (Wildman–Crippen LogP) is 5.37. The van der Waals surface area contributed by atoms with Crippen LogP contribution in [-0.4, -0.2) is 21.3 Å². The van der Waals surface area contributed by atoms with Crippen molar-refractivity contribution in [2.45, 2.75) is 19.3 Å². The summed E-state index contributed by atoms with van der Waals surface area (Å²) >= 11 is 1.17. The van der Waals surface area contributed by atoms with E-state index in [9.17, 15) is 4.79 Å². The molecule has 0 amide bonds. The van der Waals surface area contributed by atoms with E-state index in [-0.39, 0.29) is 5.97 Å². The Bertz CT molecular complexity index is 1110. The number of fused-ring (bicyclic) bond motifs is 1. The lowest BCUT2D eigenvalue weighted by atomic mass is 9.91. The highest BCUT2D eigenvalue weighted by Gasteiger charge is 2.23. The molecule has 0 saturated heterocycles. The van der Waals surface area contributed by atoms with Crippen LogP contribution in [0.5, 0.6) is 11.5 Å². The van der Waals surface area contributed by atoms with Gasteiger partial charge in [0.05, 0.1) is 24.3 Å². The monoisotopic (exact) mass is 404 g/mol. The quantitative estimate of drug-likeness (QED) is 0.387. The number of hydrogen-bond acceptors (Lipinski definition) is 6.